The highest BCUT2D eigenvalue weighted by atomic mass is 16.4. The van der Waals surface area contributed by atoms with Crippen LogP contribution in [0.25, 0.3) is 17.0 Å². The lowest BCUT2D eigenvalue weighted by molar-refractivity contribution is -0.155. The van der Waals surface area contributed by atoms with Gasteiger partial charge in [-0.2, -0.15) is 0 Å². The molecule has 0 radical (unpaired) electrons. The van der Waals surface area contributed by atoms with Gasteiger partial charge in [-0.1, -0.05) is 12.1 Å². The number of aromatic nitrogens is 2. The van der Waals surface area contributed by atoms with Gasteiger partial charge >= 0.3 is 11.9 Å². The van der Waals surface area contributed by atoms with Crippen LogP contribution in [0.3, 0.4) is 0 Å². The quantitative estimate of drug-likeness (QED) is 0.732. The average molecular weight is 323 g/mol. The zero-order valence-electron chi connectivity index (χ0n) is 12.4. The monoisotopic (exact) mass is 323 g/mol. The summed E-state index contributed by atoms with van der Waals surface area (Å²) in [6.07, 6.45) is 7.24. The van der Waals surface area contributed by atoms with E-state index in [1.54, 1.807) is 42.7 Å². The summed E-state index contributed by atoms with van der Waals surface area (Å²) in [5, 5.41) is 21.3. The van der Waals surface area contributed by atoms with Crippen molar-refractivity contribution in [3.05, 3.63) is 66.6 Å². The highest BCUT2D eigenvalue weighted by molar-refractivity contribution is 6.08. The van der Waals surface area contributed by atoms with Crippen LogP contribution >= 0.6 is 0 Å². The first-order valence-corrected chi connectivity index (χ1v) is 7.06. The Morgan fingerprint density at radius 3 is 2.42 bits per heavy atom. The number of hydrogen-bond donors (Lipinski definition) is 3. The molecule has 2 aromatic rings. The number of nitrogens with zero attached hydrogens (tertiary/aromatic N) is 2. The van der Waals surface area contributed by atoms with Crippen molar-refractivity contribution >= 4 is 17.6 Å². The molecular weight excluding hydrogens is 310 g/mol. The van der Waals surface area contributed by atoms with Crippen molar-refractivity contribution in [3.8, 4) is 11.3 Å². The second-order valence-electron chi connectivity index (χ2n) is 5.10. The summed E-state index contributed by atoms with van der Waals surface area (Å²) in [5.41, 5.74) is -0.204. The van der Waals surface area contributed by atoms with E-state index in [1.807, 2.05) is 6.07 Å². The van der Waals surface area contributed by atoms with Crippen LogP contribution in [0.2, 0.25) is 0 Å². The van der Waals surface area contributed by atoms with Crippen LogP contribution < -0.4 is 5.32 Å². The molecule has 0 saturated carbocycles. The van der Waals surface area contributed by atoms with Crippen molar-refractivity contribution in [2.75, 3.05) is 0 Å². The van der Waals surface area contributed by atoms with Gasteiger partial charge in [-0.25, -0.2) is 9.59 Å². The second kappa shape index (κ2) is 5.96. The molecule has 0 amide bonds. The Bertz CT molecular complexity index is 845. The minimum absolute atomic E-state index is 0.295. The Morgan fingerprint density at radius 2 is 1.75 bits per heavy atom. The number of carboxylic acids is 2. The number of pyridine rings is 2. The number of aliphatic carboxylic acids is 2. The van der Waals surface area contributed by atoms with Crippen LogP contribution in [-0.4, -0.2) is 37.7 Å². The molecule has 7 nitrogen and oxygen atoms in total. The SMILES string of the molecule is O=C(O)C1(C(=O)O)C=CC=C(c2ncccc2-c2ccccn2)N1. The van der Waals surface area contributed by atoms with Crippen LogP contribution in [0.5, 0.6) is 0 Å². The maximum atomic E-state index is 11.5. The van der Waals surface area contributed by atoms with Crippen LogP contribution in [-0.2, 0) is 9.59 Å². The standard InChI is InChI=1S/C17H13N3O4/c21-15(22)17(16(23)24)8-3-7-13(20-17)14-11(5-4-10-19-14)12-6-1-2-9-18-12/h1-10,20H,(H,21,22)(H,23,24). The molecule has 7 heteroatoms. The van der Waals surface area contributed by atoms with Crippen LogP contribution in [0, 0.1) is 0 Å². The Kier molecular flexibility index (Phi) is 3.83. The summed E-state index contributed by atoms with van der Waals surface area (Å²) >= 11 is 0. The highest BCUT2D eigenvalue weighted by Crippen LogP contribution is 2.28. The number of allylic oxidation sites excluding steroid dienone is 2. The molecule has 3 rings (SSSR count). The van der Waals surface area contributed by atoms with E-state index in [0.717, 1.165) is 6.08 Å². The molecule has 1 aliphatic rings. The summed E-state index contributed by atoms with van der Waals surface area (Å²) in [6, 6.07) is 8.91. The first kappa shape index (κ1) is 15.4. The number of dihydropyridines is 1. The van der Waals surface area contributed by atoms with Gasteiger partial charge in [0.05, 0.1) is 17.1 Å². The molecule has 3 N–H and O–H groups in total. The van der Waals surface area contributed by atoms with Crippen molar-refractivity contribution in [3.63, 3.8) is 0 Å². The van der Waals surface area contributed by atoms with Gasteiger partial charge in [-0.05, 0) is 36.4 Å². The molecule has 0 saturated heterocycles. The molecule has 0 aliphatic carbocycles. The minimum atomic E-state index is -2.23. The smallest absolute Gasteiger partial charge is 0.345 e. The number of rotatable bonds is 4. The van der Waals surface area contributed by atoms with E-state index in [4.69, 9.17) is 0 Å². The molecule has 0 atom stereocenters. The number of carboxylic acid groups (broad SMARTS) is 2. The molecule has 120 valence electrons. The topological polar surface area (TPSA) is 112 Å². The predicted octanol–water partition coefficient (Wildman–Crippen LogP) is 1.55. The van der Waals surface area contributed by atoms with Gasteiger partial charge < -0.3 is 15.5 Å². The van der Waals surface area contributed by atoms with E-state index in [-0.39, 0.29) is 0 Å². The third-order valence-electron chi connectivity index (χ3n) is 3.62. The van der Waals surface area contributed by atoms with Gasteiger partial charge in [0, 0.05) is 18.0 Å². The maximum Gasteiger partial charge on any atom is 0.345 e. The highest BCUT2D eigenvalue weighted by Gasteiger charge is 2.46. The molecule has 1 aliphatic heterocycles. The zero-order valence-corrected chi connectivity index (χ0v) is 12.4. The van der Waals surface area contributed by atoms with E-state index < -0.39 is 17.5 Å². The molecule has 3 heterocycles. The molecular formula is C17H13N3O4. The maximum absolute atomic E-state index is 11.5. The number of carbonyl (C=O) groups is 2. The fourth-order valence-corrected chi connectivity index (χ4v) is 2.41. The van der Waals surface area contributed by atoms with E-state index in [9.17, 15) is 19.8 Å². The van der Waals surface area contributed by atoms with Gasteiger partial charge in [0.25, 0.3) is 5.54 Å². The second-order valence-corrected chi connectivity index (χ2v) is 5.10. The van der Waals surface area contributed by atoms with Crippen molar-refractivity contribution < 1.29 is 19.8 Å². The molecule has 0 bridgehead atoms. The molecule has 2 aromatic heterocycles. The van der Waals surface area contributed by atoms with Crippen LogP contribution in [0.1, 0.15) is 5.69 Å². The molecule has 0 fully saturated rings. The molecule has 24 heavy (non-hydrogen) atoms. The molecule has 0 unspecified atom stereocenters. The first-order valence-electron chi connectivity index (χ1n) is 7.06. The van der Waals surface area contributed by atoms with Gasteiger partial charge in [-0.15, -0.1) is 0 Å². The van der Waals surface area contributed by atoms with Crippen LogP contribution in [0.4, 0.5) is 0 Å². The third-order valence-corrected chi connectivity index (χ3v) is 3.62. The Hall–Kier alpha value is -3.48. The van der Waals surface area contributed by atoms with Crippen molar-refractivity contribution in [2.45, 2.75) is 5.54 Å². The fourth-order valence-electron chi connectivity index (χ4n) is 2.41. The lowest BCUT2D eigenvalue weighted by atomic mass is 9.94. The zero-order chi connectivity index (χ0) is 17.2. The van der Waals surface area contributed by atoms with Crippen molar-refractivity contribution in [1.82, 2.24) is 15.3 Å². The summed E-state index contributed by atoms with van der Waals surface area (Å²) in [5.74, 6) is -3.01. The third kappa shape index (κ3) is 2.52. The van der Waals surface area contributed by atoms with Gasteiger partial charge in [-0.3, -0.25) is 9.97 Å². The Balaban J connectivity index is 2.08. The summed E-state index contributed by atoms with van der Waals surface area (Å²) in [6.45, 7) is 0. The number of nitrogens with one attached hydrogen (secondary N) is 1. The van der Waals surface area contributed by atoms with Gasteiger partial charge in [0.15, 0.2) is 0 Å². The number of hydrogen-bond acceptors (Lipinski definition) is 5. The fraction of sp³-hybridized carbons (Fsp3) is 0.0588. The van der Waals surface area contributed by atoms with Crippen LogP contribution in [0.15, 0.2) is 61.0 Å². The van der Waals surface area contributed by atoms with E-state index in [0.29, 0.717) is 22.6 Å². The summed E-state index contributed by atoms with van der Waals surface area (Å²) < 4.78 is 0. The van der Waals surface area contributed by atoms with E-state index in [2.05, 4.69) is 15.3 Å². The van der Waals surface area contributed by atoms with E-state index in [1.165, 1.54) is 6.08 Å². The largest absolute Gasteiger partial charge is 0.479 e. The predicted molar refractivity (Wildman–Crippen MR) is 85.7 cm³/mol. The average Bonchev–Trinajstić information content (AvgIpc) is 2.62. The molecule has 0 spiro atoms. The first-order chi connectivity index (χ1) is 11.5. The summed E-state index contributed by atoms with van der Waals surface area (Å²) in [7, 11) is 0. The minimum Gasteiger partial charge on any atom is -0.479 e. The lowest BCUT2D eigenvalue weighted by Gasteiger charge is -2.28. The molecule has 0 aromatic carbocycles. The summed E-state index contributed by atoms with van der Waals surface area (Å²) in [4.78, 5) is 31.5. The van der Waals surface area contributed by atoms with E-state index >= 15 is 0 Å². The normalized spacial score (nSPS) is 15.2. The van der Waals surface area contributed by atoms with Crippen molar-refractivity contribution in [2.24, 2.45) is 0 Å². The Labute approximate surface area is 137 Å². The van der Waals surface area contributed by atoms with Gasteiger partial charge in [0.2, 0.25) is 0 Å². The lowest BCUT2D eigenvalue weighted by Crippen LogP contribution is -2.56. The van der Waals surface area contributed by atoms with Gasteiger partial charge in [0.1, 0.15) is 0 Å². The Morgan fingerprint density at radius 1 is 1.00 bits per heavy atom. The van der Waals surface area contributed by atoms with Crippen molar-refractivity contribution in [1.29, 1.82) is 0 Å².